The van der Waals surface area contributed by atoms with E-state index in [1.165, 1.54) is 7.11 Å². The second-order valence-corrected chi connectivity index (χ2v) is 16.4. The highest BCUT2D eigenvalue weighted by Gasteiger charge is 2.52. The van der Waals surface area contributed by atoms with Crippen LogP contribution in [-0.4, -0.2) is 150 Å². The van der Waals surface area contributed by atoms with Gasteiger partial charge in [0.15, 0.2) is 18.7 Å². The number of aliphatic hydroxyl groups excluding tert-OH is 3. The summed E-state index contributed by atoms with van der Waals surface area (Å²) >= 11 is 0. The number of hydrogen-bond donors (Lipinski definition) is 4. The molecule has 2 fully saturated rings. The summed E-state index contributed by atoms with van der Waals surface area (Å²) in [6, 6.07) is -0.753. The Morgan fingerprint density at radius 2 is 1.73 bits per heavy atom. The molecule has 15 nitrogen and oxygen atoms in total. The van der Waals surface area contributed by atoms with Crippen LogP contribution in [0.2, 0.25) is 0 Å². The van der Waals surface area contributed by atoms with Crippen molar-refractivity contribution in [2.75, 3.05) is 21.2 Å². The lowest BCUT2D eigenvalue weighted by atomic mass is 9.82. The molecular formula is C40H67NO14. The number of rotatable bonds is 11. The van der Waals surface area contributed by atoms with Gasteiger partial charge in [0.25, 0.3) is 0 Å². The third kappa shape index (κ3) is 13.4. The lowest BCUT2D eigenvalue weighted by Crippen LogP contribution is -2.66. The van der Waals surface area contributed by atoms with E-state index >= 15 is 0 Å². The SMILES string of the molecule is CO[C@@H]1[C@H](O[C@@H]2O[C@H](C)[C@H](O[C@@H]3C[C@](C)(O)[C@H](OC(=O)CC(C)C)[C@H](C)O3)[C@H](N(C)C)[C@H]2O)[C@@H](CC=O)C[C@@H](C)[C@@H](O)/C=C/C=C/C[C@@H](C)OC(=O)C[C@H]1O. The van der Waals surface area contributed by atoms with Crippen LogP contribution in [0, 0.1) is 17.8 Å². The number of methoxy groups -OCH3 is 1. The monoisotopic (exact) mass is 785 g/mol. The van der Waals surface area contributed by atoms with Crippen molar-refractivity contribution in [3.05, 3.63) is 24.3 Å². The van der Waals surface area contributed by atoms with Gasteiger partial charge < -0.3 is 63.3 Å². The van der Waals surface area contributed by atoms with E-state index < -0.39 is 110 Å². The molecule has 0 bridgehead atoms. The molecule has 0 spiro atoms. The maximum absolute atomic E-state index is 12.9. The zero-order chi connectivity index (χ0) is 41.2. The molecule has 4 N–H and O–H groups in total. The van der Waals surface area contributed by atoms with Crippen LogP contribution in [-0.2, 0) is 47.5 Å². The van der Waals surface area contributed by atoms with Gasteiger partial charge in [-0.15, -0.1) is 0 Å². The van der Waals surface area contributed by atoms with Crippen LogP contribution in [0.5, 0.6) is 0 Å². The van der Waals surface area contributed by atoms with Crippen LogP contribution in [0.25, 0.3) is 0 Å². The van der Waals surface area contributed by atoms with E-state index in [4.69, 9.17) is 33.2 Å². The van der Waals surface area contributed by atoms with Crippen molar-refractivity contribution in [2.24, 2.45) is 17.8 Å². The zero-order valence-corrected chi connectivity index (χ0v) is 34.2. The molecule has 0 aliphatic carbocycles. The van der Waals surface area contributed by atoms with Gasteiger partial charge in [0.05, 0.1) is 43.0 Å². The van der Waals surface area contributed by atoms with Gasteiger partial charge in [-0.05, 0) is 66.0 Å². The highest BCUT2D eigenvalue weighted by atomic mass is 16.7. The first-order valence-corrected chi connectivity index (χ1v) is 19.5. The average molecular weight is 786 g/mol. The molecule has 3 rings (SSSR count). The van der Waals surface area contributed by atoms with E-state index in [9.17, 15) is 34.8 Å². The van der Waals surface area contributed by atoms with Gasteiger partial charge in [-0.1, -0.05) is 45.1 Å². The highest BCUT2D eigenvalue weighted by molar-refractivity contribution is 5.70. The molecule has 0 radical (unpaired) electrons. The first kappa shape index (κ1) is 47.1. The van der Waals surface area contributed by atoms with E-state index in [0.717, 1.165) is 6.29 Å². The number of likely N-dealkylation sites (N-methyl/N-ethyl adjacent to an activating group) is 1. The van der Waals surface area contributed by atoms with Crippen LogP contribution < -0.4 is 0 Å². The first-order chi connectivity index (χ1) is 25.8. The Balaban J connectivity index is 1.90. The summed E-state index contributed by atoms with van der Waals surface area (Å²) in [6.45, 7) is 12.4. The Morgan fingerprint density at radius 1 is 1.04 bits per heavy atom. The Bertz CT molecular complexity index is 1270. The van der Waals surface area contributed by atoms with Crippen molar-refractivity contribution in [3.63, 3.8) is 0 Å². The van der Waals surface area contributed by atoms with Crippen LogP contribution in [0.3, 0.4) is 0 Å². The number of ether oxygens (including phenoxy) is 7. The number of hydrogen-bond acceptors (Lipinski definition) is 15. The number of aldehydes is 1. The maximum Gasteiger partial charge on any atom is 0.308 e. The van der Waals surface area contributed by atoms with E-state index in [1.807, 2.05) is 26.8 Å². The summed E-state index contributed by atoms with van der Waals surface area (Å²) < 4.78 is 42.4. The molecule has 316 valence electrons. The Labute approximate surface area is 326 Å². The number of aliphatic hydroxyl groups is 4. The number of carbonyl (C=O) groups excluding carboxylic acids is 3. The van der Waals surface area contributed by atoms with Crippen LogP contribution >= 0.6 is 0 Å². The van der Waals surface area contributed by atoms with Gasteiger partial charge >= 0.3 is 11.9 Å². The molecule has 3 aliphatic heterocycles. The molecule has 55 heavy (non-hydrogen) atoms. The minimum atomic E-state index is -1.49. The van der Waals surface area contributed by atoms with Crippen molar-refractivity contribution in [1.29, 1.82) is 0 Å². The van der Waals surface area contributed by atoms with Crippen molar-refractivity contribution >= 4 is 18.2 Å². The lowest BCUT2D eigenvalue weighted by molar-refractivity contribution is -0.344. The number of nitrogens with zero attached hydrogens (tertiary/aromatic N) is 1. The summed E-state index contributed by atoms with van der Waals surface area (Å²) in [6.07, 6.45) is -3.92. The minimum absolute atomic E-state index is 0.0318. The fraction of sp³-hybridized carbons (Fsp3) is 0.825. The second-order valence-electron chi connectivity index (χ2n) is 16.4. The average Bonchev–Trinajstić information content (AvgIpc) is 3.06. The third-order valence-corrected chi connectivity index (χ3v) is 10.6. The normalized spacial score (nSPS) is 42.4. The molecule has 2 saturated heterocycles. The molecule has 0 aromatic rings. The number of esters is 2. The van der Waals surface area contributed by atoms with Crippen molar-refractivity contribution in [3.8, 4) is 0 Å². The summed E-state index contributed by atoms with van der Waals surface area (Å²) in [4.78, 5) is 39.3. The molecular weight excluding hydrogens is 718 g/mol. The van der Waals surface area contributed by atoms with Gasteiger partial charge in [0.2, 0.25) is 0 Å². The maximum atomic E-state index is 12.9. The summed E-state index contributed by atoms with van der Waals surface area (Å²) in [5, 5.41) is 45.8. The van der Waals surface area contributed by atoms with Crippen LogP contribution in [0.15, 0.2) is 24.3 Å². The van der Waals surface area contributed by atoms with Gasteiger partial charge in [-0.3, -0.25) is 9.59 Å². The van der Waals surface area contributed by atoms with Crippen molar-refractivity contribution in [2.45, 2.75) is 172 Å². The lowest BCUT2D eigenvalue weighted by Gasteiger charge is -2.50. The van der Waals surface area contributed by atoms with E-state index in [0.29, 0.717) is 6.42 Å². The molecule has 0 aromatic heterocycles. The molecule has 0 amide bonds. The highest BCUT2D eigenvalue weighted by Crippen LogP contribution is 2.37. The van der Waals surface area contributed by atoms with Gasteiger partial charge in [-0.25, -0.2) is 0 Å². The minimum Gasteiger partial charge on any atom is -0.462 e. The number of carbonyl (C=O) groups is 3. The quantitative estimate of drug-likeness (QED) is 0.176. The topological polar surface area (TPSA) is 200 Å². The number of allylic oxidation sites excluding steroid dienone is 2. The Morgan fingerprint density at radius 3 is 2.33 bits per heavy atom. The van der Waals surface area contributed by atoms with Gasteiger partial charge in [-0.2, -0.15) is 0 Å². The zero-order valence-electron chi connectivity index (χ0n) is 34.2. The molecule has 16 atom stereocenters. The largest absolute Gasteiger partial charge is 0.462 e. The Hall–Kier alpha value is -2.31. The number of cyclic esters (lactones) is 1. The Kier molecular flexibility index (Phi) is 18.4. The van der Waals surface area contributed by atoms with E-state index in [1.54, 1.807) is 64.9 Å². The smallest absolute Gasteiger partial charge is 0.308 e. The molecule has 0 unspecified atom stereocenters. The first-order valence-electron chi connectivity index (χ1n) is 19.5. The summed E-state index contributed by atoms with van der Waals surface area (Å²) in [5.74, 6) is -2.03. The molecule has 3 heterocycles. The predicted molar refractivity (Wildman–Crippen MR) is 200 cm³/mol. The van der Waals surface area contributed by atoms with Crippen molar-refractivity contribution in [1.82, 2.24) is 4.90 Å². The standard InChI is InChI=1S/C40H67NO14/c1-22(2)18-30(45)53-38-26(6)51-32(21-40(38,7)48)54-35-25(5)52-39(34(47)33(35)41(8)9)55-36-27(16-17-42)19-23(3)28(43)15-13-11-12-14-24(4)50-31(46)20-29(44)37(36)49-10/h11-13,15,17,22-29,32-39,43-44,47-48H,14,16,18-21H2,1-10H3/b12-11+,15-13+/t23-,24-,25-,26+,27+,28+,29-,32-,33-,34-,35+,36-,37+,38-,39+,40+/m1/s1. The molecule has 3 aliphatic rings. The second kappa shape index (κ2) is 21.4. The fourth-order valence-corrected chi connectivity index (χ4v) is 7.78. The molecule has 0 aromatic carbocycles. The summed E-state index contributed by atoms with van der Waals surface area (Å²) in [7, 11) is 4.86. The summed E-state index contributed by atoms with van der Waals surface area (Å²) in [5.41, 5.74) is -1.49. The van der Waals surface area contributed by atoms with Crippen molar-refractivity contribution < 1.29 is 68.0 Å². The van der Waals surface area contributed by atoms with Crippen LogP contribution in [0.4, 0.5) is 0 Å². The third-order valence-electron chi connectivity index (χ3n) is 10.6. The van der Waals surface area contributed by atoms with Gasteiger partial charge in [0, 0.05) is 32.8 Å². The van der Waals surface area contributed by atoms with Crippen LogP contribution in [0.1, 0.15) is 87.0 Å². The molecule has 0 saturated carbocycles. The van der Waals surface area contributed by atoms with E-state index in [-0.39, 0.29) is 37.5 Å². The molecule has 15 heteroatoms. The predicted octanol–water partition coefficient (Wildman–Crippen LogP) is 2.44. The van der Waals surface area contributed by atoms with Gasteiger partial charge in [0.1, 0.15) is 36.3 Å². The van der Waals surface area contributed by atoms with E-state index in [2.05, 4.69) is 0 Å². The fourth-order valence-electron chi connectivity index (χ4n) is 7.78.